The molecule has 0 saturated carbocycles. The second-order valence-corrected chi connectivity index (χ2v) is 7.11. The van der Waals surface area contributed by atoms with Crippen molar-refractivity contribution in [1.82, 2.24) is 4.90 Å². The predicted molar refractivity (Wildman–Crippen MR) is 101 cm³/mol. The highest BCUT2D eigenvalue weighted by Gasteiger charge is 2.45. The summed E-state index contributed by atoms with van der Waals surface area (Å²) in [4.78, 5) is 14.4. The van der Waals surface area contributed by atoms with Crippen molar-refractivity contribution in [2.45, 2.75) is 18.5 Å². The van der Waals surface area contributed by atoms with Gasteiger partial charge in [0.1, 0.15) is 6.61 Å². The van der Waals surface area contributed by atoms with E-state index in [9.17, 15) is 4.79 Å². The Morgan fingerprint density at radius 2 is 1.62 bits per heavy atom. The standard InChI is InChI=1S/C21H21NO7/c1-24-17-6-12(7-18(25-2)20(17)26-3)19-14-8-16-15(28-10-29-16)5-11(14)4-13-9-27-21(23)22(13)19/h5-8,13,19H,4,9-10H2,1-3H3/t13-,19+/m0/s1. The maximum absolute atomic E-state index is 12.6. The Hall–Kier alpha value is -3.29. The van der Waals surface area contributed by atoms with Crippen LogP contribution in [0.3, 0.4) is 0 Å². The molecule has 2 aromatic carbocycles. The SMILES string of the molecule is COc1cc([C@@H]2c3cc4c(cc3C[C@H]3COC(=O)N32)OCO4)cc(OC)c1OC. The van der Waals surface area contributed by atoms with Crippen LogP contribution in [-0.2, 0) is 11.2 Å². The van der Waals surface area contributed by atoms with Crippen molar-refractivity contribution >= 4 is 6.09 Å². The van der Waals surface area contributed by atoms with Crippen molar-refractivity contribution in [3.05, 3.63) is 41.0 Å². The number of carbonyl (C=O) groups is 1. The molecule has 0 radical (unpaired) electrons. The number of nitrogens with zero attached hydrogens (tertiary/aromatic N) is 1. The molecule has 3 aliphatic rings. The molecule has 8 heteroatoms. The van der Waals surface area contributed by atoms with Crippen molar-refractivity contribution in [2.75, 3.05) is 34.7 Å². The normalized spacial score (nSPS) is 21.3. The zero-order chi connectivity index (χ0) is 20.1. The topological polar surface area (TPSA) is 75.7 Å². The van der Waals surface area contributed by atoms with E-state index in [1.165, 1.54) is 0 Å². The number of ether oxygens (including phenoxy) is 6. The lowest BCUT2D eigenvalue weighted by atomic mass is 9.85. The fraction of sp³-hybridized carbons (Fsp3) is 0.381. The summed E-state index contributed by atoms with van der Waals surface area (Å²) in [5.41, 5.74) is 2.91. The summed E-state index contributed by atoms with van der Waals surface area (Å²) in [7, 11) is 4.70. The monoisotopic (exact) mass is 399 g/mol. The third-order valence-corrected chi connectivity index (χ3v) is 5.67. The van der Waals surface area contributed by atoms with Crippen LogP contribution in [0.4, 0.5) is 4.79 Å². The van der Waals surface area contributed by atoms with Gasteiger partial charge in [0.05, 0.1) is 33.4 Å². The average molecular weight is 399 g/mol. The quantitative estimate of drug-likeness (QED) is 0.782. The van der Waals surface area contributed by atoms with Crippen molar-refractivity contribution < 1.29 is 33.2 Å². The Bertz CT molecular complexity index is 964. The minimum absolute atomic E-state index is 0.0561. The Labute approximate surface area is 167 Å². The summed E-state index contributed by atoms with van der Waals surface area (Å²) < 4.78 is 33.0. The van der Waals surface area contributed by atoms with E-state index in [4.69, 9.17) is 28.4 Å². The van der Waals surface area contributed by atoms with Gasteiger partial charge in [0.15, 0.2) is 23.0 Å². The van der Waals surface area contributed by atoms with E-state index < -0.39 is 0 Å². The largest absolute Gasteiger partial charge is 0.493 e. The maximum Gasteiger partial charge on any atom is 0.411 e. The van der Waals surface area contributed by atoms with Gasteiger partial charge in [-0.2, -0.15) is 0 Å². The van der Waals surface area contributed by atoms with Crippen molar-refractivity contribution in [1.29, 1.82) is 0 Å². The van der Waals surface area contributed by atoms with Gasteiger partial charge < -0.3 is 28.4 Å². The fourth-order valence-corrected chi connectivity index (χ4v) is 4.38. The molecule has 1 saturated heterocycles. The molecule has 0 aromatic heterocycles. The molecule has 3 aliphatic heterocycles. The van der Waals surface area contributed by atoms with Crippen LogP contribution in [-0.4, -0.2) is 51.8 Å². The first kappa shape index (κ1) is 17.8. The van der Waals surface area contributed by atoms with Gasteiger partial charge in [0.25, 0.3) is 0 Å². The minimum atomic E-state index is -0.373. The van der Waals surface area contributed by atoms with E-state index in [1.807, 2.05) is 24.3 Å². The van der Waals surface area contributed by atoms with Gasteiger partial charge in [-0.1, -0.05) is 0 Å². The average Bonchev–Trinajstić information content (AvgIpc) is 3.35. The number of amides is 1. The van der Waals surface area contributed by atoms with Gasteiger partial charge in [-0.05, 0) is 47.4 Å². The molecule has 2 atom stereocenters. The molecule has 1 fully saturated rings. The lowest BCUT2D eigenvalue weighted by molar-refractivity contribution is 0.147. The second-order valence-electron chi connectivity index (χ2n) is 7.11. The van der Waals surface area contributed by atoms with E-state index in [2.05, 4.69) is 0 Å². The van der Waals surface area contributed by atoms with Crippen LogP contribution in [0.5, 0.6) is 28.7 Å². The van der Waals surface area contributed by atoms with Crippen LogP contribution in [0.15, 0.2) is 24.3 Å². The molecule has 0 aliphatic carbocycles. The highest BCUT2D eigenvalue weighted by molar-refractivity contribution is 5.73. The molecule has 0 bridgehead atoms. The van der Waals surface area contributed by atoms with E-state index in [-0.39, 0.29) is 25.0 Å². The summed E-state index contributed by atoms with van der Waals surface area (Å²) in [6.45, 7) is 0.551. The number of carbonyl (C=O) groups excluding carboxylic acids is 1. The van der Waals surface area contributed by atoms with Crippen LogP contribution in [0.2, 0.25) is 0 Å². The highest BCUT2D eigenvalue weighted by atomic mass is 16.7. The highest BCUT2D eigenvalue weighted by Crippen LogP contribution is 2.48. The minimum Gasteiger partial charge on any atom is -0.493 e. The van der Waals surface area contributed by atoms with E-state index in [0.29, 0.717) is 36.0 Å². The first-order valence-electron chi connectivity index (χ1n) is 9.32. The van der Waals surface area contributed by atoms with E-state index in [0.717, 1.165) is 22.4 Å². The van der Waals surface area contributed by atoms with Crippen LogP contribution in [0.1, 0.15) is 22.7 Å². The lowest BCUT2D eigenvalue weighted by Gasteiger charge is -2.37. The molecule has 1 amide bonds. The second kappa shape index (κ2) is 6.65. The lowest BCUT2D eigenvalue weighted by Crippen LogP contribution is -2.42. The molecule has 0 spiro atoms. The zero-order valence-corrected chi connectivity index (χ0v) is 16.4. The third-order valence-electron chi connectivity index (χ3n) is 5.67. The Morgan fingerprint density at radius 3 is 2.28 bits per heavy atom. The number of hydrogen-bond acceptors (Lipinski definition) is 7. The van der Waals surface area contributed by atoms with Gasteiger partial charge in [-0.3, -0.25) is 4.90 Å². The smallest absolute Gasteiger partial charge is 0.411 e. The fourth-order valence-electron chi connectivity index (χ4n) is 4.38. The molecule has 2 aromatic rings. The van der Waals surface area contributed by atoms with Gasteiger partial charge in [0, 0.05) is 0 Å². The maximum atomic E-state index is 12.6. The van der Waals surface area contributed by atoms with E-state index in [1.54, 1.807) is 26.2 Å². The Morgan fingerprint density at radius 1 is 0.931 bits per heavy atom. The summed E-state index contributed by atoms with van der Waals surface area (Å²) in [6, 6.07) is 7.26. The number of benzene rings is 2. The van der Waals surface area contributed by atoms with E-state index >= 15 is 0 Å². The number of methoxy groups -OCH3 is 3. The van der Waals surface area contributed by atoms with Crippen LogP contribution < -0.4 is 23.7 Å². The van der Waals surface area contributed by atoms with Crippen LogP contribution >= 0.6 is 0 Å². The van der Waals surface area contributed by atoms with Crippen molar-refractivity contribution in [2.24, 2.45) is 0 Å². The molecule has 8 nitrogen and oxygen atoms in total. The first-order valence-corrected chi connectivity index (χ1v) is 9.32. The number of fused-ring (bicyclic) bond motifs is 3. The number of cyclic esters (lactones) is 1. The molecule has 0 unspecified atom stereocenters. The van der Waals surface area contributed by atoms with Gasteiger partial charge in [0.2, 0.25) is 12.5 Å². The first-order chi connectivity index (χ1) is 14.1. The Balaban J connectivity index is 1.71. The molecule has 5 rings (SSSR count). The summed E-state index contributed by atoms with van der Waals surface area (Å²) in [6.07, 6.45) is 0.357. The van der Waals surface area contributed by atoms with Gasteiger partial charge in [-0.15, -0.1) is 0 Å². The molecule has 29 heavy (non-hydrogen) atoms. The predicted octanol–water partition coefficient (Wildman–Crippen LogP) is 2.91. The molecular weight excluding hydrogens is 378 g/mol. The summed E-state index contributed by atoms with van der Waals surface area (Å²) >= 11 is 0. The number of rotatable bonds is 4. The molecule has 152 valence electrons. The van der Waals surface area contributed by atoms with Gasteiger partial charge in [-0.25, -0.2) is 4.79 Å². The Kier molecular flexibility index (Phi) is 4.08. The van der Waals surface area contributed by atoms with Gasteiger partial charge >= 0.3 is 6.09 Å². The molecule has 0 N–H and O–H groups in total. The van der Waals surface area contributed by atoms with Crippen molar-refractivity contribution in [3.63, 3.8) is 0 Å². The zero-order valence-electron chi connectivity index (χ0n) is 16.4. The van der Waals surface area contributed by atoms with Crippen LogP contribution in [0, 0.1) is 0 Å². The molecular formula is C21H21NO7. The third kappa shape index (κ3) is 2.62. The summed E-state index contributed by atoms with van der Waals surface area (Å²) in [5, 5.41) is 0. The van der Waals surface area contributed by atoms with Crippen molar-refractivity contribution in [3.8, 4) is 28.7 Å². The van der Waals surface area contributed by atoms with Crippen LogP contribution in [0.25, 0.3) is 0 Å². The molecule has 3 heterocycles. The number of hydrogen-bond donors (Lipinski definition) is 0. The summed E-state index contributed by atoms with van der Waals surface area (Å²) in [5.74, 6) is 2.96.